The second-order valence-electron chi connectivity index (χ2n) is 4.41. The first kappa shape index (κ1) is 9.84. The molecule has 3 rings (SSSR count). The van der Waals surface area contributed by atoms with Gasteiger partial charge in [0.05, 0.1) is 24.9 Å². The molecule has 0 radical (unpaired) electrons. The van der Waals surface area contributed by atoms with Crippen molar-refractivity contribution in [3.05, 3.63) is 17.0 Å². The van der Waals surface area contributed by atoms with E-state index in [4.69, 9.17) is 4.74 Å². The molecule has 1 aromatic heterocycles. The average Bonchev–Trinajstić information content (AvgIpc) is 2.53. The summed E-state index contributed by atoms with van der Waals surface area (Å²) in [4.78, 5) is 11.3. The molecule has 0 atom stereocenters. The highest BCUT2D eigenvalue weighted by Gasteiger charge is 2.31. The van der Waals surface area contributed by atoms with Crippen molar-refractivity contribution in [2.45, 2.75) is 38.3 Å². The summed E-state index contributed by atoms with van der Waals surface area (Å²) in [7, 11) is 0. The molecule has 1 saturated carbocycles. The Balaban J connectivity index is 2.08. The molecule has 86 valence electrons. The predicted octanol–water partition coefficient (Wildman–Crippen LogP) is 1.38. The fourth-order valence-corrected chi connectivity index (χ4v) is 2.33. The maximum atomic E-state index is 11.3. The molecule has 0 spiro atoms. The van der Waals surface area contributed by atoms with Crippen LogP contribution in [-0.2, 0) is 17.8 Å². The molecular formula is C11H14N2O3. The fourth-order valence-electron chi connectivity index (χ4n) is 2.33. The molecule has 1 fully saturated rings. The number of hydrogen-bond acceptors (Lipinski definition) is 3. The molecule has 0 aromatic carbocycles. The molecule has 2 heterocycles. The van der Waals surface area contributed by atoms with E-state index in [1.165, 1.54) is 6.42 Å². The van der Waals surface area contributed by atoms with E-state index in [2.05, 4.69) is 5.10 Å². The number of hydrogen-bond donors (Lipinski definition) is 1. The highest BCUT2D eigenvalue weighted by molar-refractivity contribution is 5.87. The quantitative estimate of drug-likeness (QED) is 0.821. The number of fused-ring (bicyclic) bond motifs is 1. The monoisotopic (exact) mass is 222 g/mol. The van der Waals surface area contributed by atoms with Crippen LogP contribution in [0.15, 0.2) is 0 Å². The van der Waals surface area contributed by atoms with Crippen molar-refractivity contribution in [1.29, 1.82) is 0 Å². The second-order valence-corrected chi connectivity index (χ2v) is 4.41. The van der Waals surface area contributed by atoms with E-state index in [1.54, 1.807) is 4.68 Å². The Bertz CT molecular complexity index is 435. The SMILES string of the molecule is O=C(O)c1c2c(nn1C1CCC1)CCOC2. The molecular weight excluding hydrogens is 208 g/mol. The third-order valence-electron chi connectivity index (χ3n) is 3.44. The number of ether oxygens (including phenoxy) is 1. The molecule has 5 nitrogen and oxygen atoms in total. The van der Waals surface area contributed by atoms with Crippen LogP contribution in [0.4, 0.5) is 0 Å². The summed E-state index contributed by atoms with van der Waals surface area (Å²) in [6.07, 6.45) is 3.99. The minimum atomic E-state index is -0.883. The lowest BCUT2D eigenvalue weighted by Gasteiger charge is -2.26. The van der Waals surface area contributed by atoms with Crippen molar-refractivity contribution >= 4 is 5.97 Å². The number of aromatic carboxylic acids is 1. The molecule has 1 aliphatic carbocycles. The van der Waals surface area contributed by atoms with Gasteiger partial charge in [-0.15, -0.1) is 0 Å². The summed E-state index contributed by atoms with van der Waals surface area (Å²) < 4.78 is 7.03. The van der Waals surface area contributed by atoms with E-state index in [1.807, 2.05) is 0 Å². The molecule has 1 N–H and O–H groups in total. The number of carboxylic acids is 1. The van der Waals surface area contributed by atoms with Crippen LogP contribution < -0.4 is 0 Å². The Morgan fingerprint density at radius 3 is 2.94 bits per heavy atom. The van der Waals surface area contributed by atoms with Gasteiger partial charge in [0.1, 0.15) is 0 Å². The lowest BCUT2D eigenvalue weighted by atomic mass is 9.93. The maximum absolute atomic E-state index is 11.3. The van der Waals surface area contributed by atoms with Crippen molar-refractivity contribution in [1.82, 2.24) is 9.78 Å². The number of carboxylic acid groups (broad SMARTS) is 1. The number of carbonyl (C=O) groups is 1. The Labute approximate surface area is 93.0 Å². The summed E-state index contributed by atoms with van der Waals surface area (Å²) in [5.41, 5.74) is 2.04. The van der Waals surface area contributed by atoms with Crippen LogP contribution in [0.3, 0.4) is 0 Å². The van der Waals surface area contributed by atoms with E-state index in [9.17, 15) is 9.90 Å². The zero-order valence-corrected chi connectivity index (χ0v) is 8.98. The van der Waals surface area contributed by atoms with Gasteiger partial charge in [0.2, 0.25) is 0 Å². The lowest BCUT2D eigenvalue weighted by molar-refractivity contribution is 0.0663. The van der Waals surface area contributed by atoms with Crippen LogP contribution >= 0.6 is 0 Å². The third kappa shape index (κ3) is 1.35. The zero-order valence-electron chi connectivity index (χ0n) is 8.98. The number of nitrogens with zero attached hydrogens (tertiary/aromatic N) is 2. The molecule has 5 heteroatoms. The Morgan fingerprint density at radius 1 is 1.50 bits per heavy atom. The molecule has 2 aliphatic rings. The summed E-state index contributed by atoms with van der Waals surface area (Å²) in [6.45, 7) is 1.04. The second kappa shape index (κ2) is 3.59. The van der Waals surface area contributed by atoms with Gasteiger partial charge >= 0.3 is 5.97 Å². The van der Waals surface area contributed by atoms with E-state index in [0.717, 1.165) is 30.5 Å². The van der Waals surface area contributed by atoms with E-state index in [-0.39, 0.29) is 6.04 Å². The summed E-state index contributed by atoms with van der Waals surface area (Å²) >= 11 is 0. The standard InChI is InChI=1S/C11H14N2O3/c14-11(15)10-8-6-16-5-4-9(8)12-13(10)7-2-1-3-7/h7H,1-6H2,(H,14,15). The van der Waals surface area contributed by atoms with Crippen molar-refractivity contribution in [2.24, 2.45) is 0 Å². The Hall–Kier alpha value is -1.36. The van der Waals surface area contributed by atoms with Gasteiger partial charge in [-0.25, -0.2) is 4.79 Å². The van der Waals surface area contributed by atoms with Crippen LogP contribution in [-0.4, -0.2) is 27.5 Å². The molecule has 0 amide bonds. The van der Waals surface area contributed by atoms with Crippen LogP contribution in [0.1, 0.15) is 47.1 Å². The fraction of sp³-hybridized carbons (Fsp3) is 0.636. The van der Waals surface area contributed by atoms with Gasteiger partial charge in [-0.2, -0.15) is 5.10 Å². The molecule has 16 heavy (non-hydrogen) atoms. The van der Waals surface area contributed by atoms with Crippen molar-refractivity contribution in [2.75, 3.05) is 6.61 Å². The molecule has 1 aromatic rings. The highest BCUT2D eigenvalue weighted by atomic mass is 16.5. The van der Waals surface area contributed by atoms with E-state index in [0.29, 0.717) is 18.9 Å². The van der Waals surface area contributed by atoms with Crippen molar-refractivity contribution in [3.63, 3.8) is 0 Å². The summed E-state index contributed by atoms with van der Waals surface area (Å²) in [5.74, 6) is -0.883. The van der Waals surface area contributed by atoms with Gasteiger partial charge in [-0.3, -0.25) is 4.68 Å². The lowest BCUT2D eigenvalue weighted by Crippen LogP contribution is -2.22. The normalized spacial score (nSPS) is 20.2. The summed E-state index contributed by atoms with van der Waals surface area (Å²) in [6, 6.07) is 0.289. The smallest absolute Gasteiger partial charge is 0.354 e. The molecule has 0 bridgehead atoms. The van der Waals surface area contributed by atoms with Gasteiger partial charge in [0.15, 0.2) is 5.69 Å². The molecule has 0 unspecified atom stereocenters. The van der Waals surface area contributed by atoms with Gasteiger partial charge in [0.25, 0.3) is 0 Å². The van der Waals surface area contributed by atoms with E-state index < -0.39 is 5.97 Å². The first-order valence-corrected chi connectivity index (χ1v) is 5.68. The van der Waals surface area contributed by atoms with Crippen molar-refractivity contribution < 1.29 is 14.6 Å². The first-order valence-electron chi connectivity index (χ1n) is 5.68. The predicted molar refractivity (Wildman–Crippen MR) is 55.4 cm³/mol. The topological polar surface area (TPSA) is 64.3 Å². The van der Waals surface area contributed by atoms with Crippen molar-refractivity contribution in [3.8, 4) is 0 Å². The molecule has 0 saturated heterocycles. The summed E-state index contributed by atoms with van der Waals surface area (Å²) in [5, 5.41) is 13.7. The van der Waals surface area contributed by atoms with Gasteiger partial charge in [-0.1, -0.05) is 0 Å². The van der Waals surface area contributed by atoms with Crippen LogP contribution in [0.25, 0.3) is 0 Å². The number of rotatable bonds is 2. The Kier molecular flexibility index (Phi) is 2.21. The van der Waals surface area contributed by atoms with Gasteiger partial charge in [0, 0.05) is 12.0 Å². The van der Waals surface area contributed by atoms with Gasteiger partial charge in [-0.05, 0) is 19.3 Å². The maximum Gasteiger partial charge on any atom is 0.354 e. The van der Waals surface area contributed by atoms with Crippen LogP contribution in [0.2, 0.25) is 0 Å². The van der Waals surface area contributed by atoms with Crippen LogP contribution in [0, 0.1) is 0 Å². The third-order valence-corrected chi connectivity index (χ3v) is 3.44. The van der Waals surface area contributed by atoms with Crippen LogP contribution in [0.5, 0.6) is 0 Å². The minimum absolute atomic E-state index is 0.289. The highest BCUT2D eigenvalue weighted by Crippen LogP contribution is 2.34. The zero-order chi connectivity index (χ0) is 11.1. The van der Waals surface area contributed by atoms with Gasteiger partial charge < -0.3 is 9.84 Å². The number of aromatic nitrogens is 2. The van der Waals surface area contributed by atoms with E-state index >= 15 is 0 Å². The largest absolute Gasteiger partial charge is 0.477 e. The first-order chi connectivity index (χ1) is 7.77. The average molecular weight is 222 g/mol. The Morgan fingerprint density at radius 2 is 2.31 bits per heavy atom. The minimum Gasteiger partial charge on any atom is -0.477 e. The molecule has 1 aliphatic heterocycles.